The number of ether oxygens (including phenoxy) is 1. The van der Waals surface area contributed by atoms with Crippen molar-refractivity contribution in [3.8, 4) is 23.0 Å². The van der Waals surface area contributed by atoms with Gasteiger partial charge in [-0.15, -0.1) is 0 Å². The van der Waals surface area contributed by atoms with Gasteiger partial charge in [0.25, 0.3) is 5.91 Å². The lowest BCUT2D eigenvalue weighted by molar-refractivity contribution is 0.0303. The lowest BCUT2D eigenvalue weighted by Crippen LogP contribution is -2.40. The van der Waals surface area contributed by atoms with Gasteiger partial charge in [0, 0.05) is 48.2 Å². The zero-order valence-electron chi connectivity index (χ0n) is 18.4. The first-order valence-corrected chi connectivity index (χ1v) is 11.1. The Morgan fingerprint density at radius 2 is 1.76 bits per heavy atom. The monoisotopic (exact) mass is 447 g/mol. The van der Waals surface area contributed by atoms with Crippen molar-refractivity contribution in [2.24, 2.45) is 0 Å². The summed E-state index contributed by atoms with van der Waals surface area (Å²) in [6.07, 6.45) is 7.43. The molecule has 1 amide bonds. The van der Waals surface area contributed by atoms with Gasteiger partial charge in [0.15, 0.2) is 0 Å². The molecular weight excluding hydrogens is 426 g/mol. The van der Waals surface area contributed by atoms with Crippen molar-refractivity contribution in [2.75, 3.05) is 26.3 Å². The number of fused-ring (bicyclic) bond motifs is 2. The molecule has 0 aliphatic carbocycles. The predicted octanol–water partition coefficient (Wildman–Crippen LogP) is 3.75. The first-order chi connectivity index (χ1) is 16.8. The summed E-state index contributed by atoms with van der Waals surface area (Å²) in [5.74, 6) is 6.56. The summed E-state index contributed by atoms with van der Waals surface area (Å²) in [6.45, 7) is 2.46. The van der Waals surface area contributed by atoms with Crippen LogP contribution in [0.25, 0.3) is 27.8 Å². The van der Waals surface area contributed by atoms with E-state index >= 15 is 0 Å². The Balaban J connectivity index is 1.29. The van der Waals surface area contributed by atoms with E-state index in [9.17, 15) is 4.79 Å². The third-order valence-corrected chi connectivity index (χ3v) is 6.05. The lowest BCUT2D eigenvalue weighted by Gasteiger charge is -2.26. The largest absolute Gasteiger partial charge is 0.378 e. The number of carbonyl (C=O) groups is 1. The van der Waals surface area contributed by atoms with Gasteiger partial charge in [0.05, 0.1) is 19.4 Å². The van der Waals surface area contributed by atoms with Crippen LogP contribution in [0.2, 0.25) is 0 Å². The van der Waals surface area contributed by atoms with E-state index < -0.39 is 0 Å². The molecule has 6 rings (SSSR count). The number of H-pyrrole nitrogens is 1. The van der Waals surface area contributed by atoms with E-state index in [-0.39, 0.29) is 5.91 Å². The van der Waals surface area contributed by atoms with Crippen LogP contribution in [0.4, 0.5) is 0 Å². The van der Waals surface area contributed by atoms with Crippen LogP contribution in [0.15, 0.2) is 73.3 Å². The highest BCUT2D eigenvalue weighted by molar-refractivity contribution is 5.94. The van der Waals surface area contributed by atoms with Crippen LogP contribution in [0.3, 0.4) is 0 Å². The van der Waals surface area contributed by atoms with Crippen LogP contribution >= 0.6 is 0 Å². The zero-order chi connectivity index (χ0) is 22.9. The van der Waals surface area contributed by atoms with E-state index in [0.29, 0.717) is 31.9 Å². The van der Waals surface area contributed by atoms with Crippen LogP contribution in [0.1, 0.15) is 21.6 Å². The second kappa shape index (κ2) is 8.50. The van der Waals surface area contributed by atoms with Gasteiger partial charge in [-0.25, -0.2) is 9.97 Å². The van der Waals surface area contributed by atoms with Gasteiger partial charge in [-0.1, -0.05) is 18.1 Å². The Bertz CT molecular complexity index is 1560. The molecule has 5 heterocycles. The molecule has 34 heavy (non-hydrogen) atoms. The number of nitrogens with zero attached hydrogens (tertiary/aromatic N) is 4. The topological polar surface area (TPSA) is 75.5 Å². The van der Waals surface area contributed by atoms with Gasteiger partial charge >= 0.3 is 0 Å². The second-order valence-corrected chi connectivity index (χ2v) is 8.12. The minimum absolute atomic E-state index is 0.0464. The number of benzene rings is 1. The van der Waals surface area contributed by atoms with Gasteiger partial charge in [0.2, 0.25) is 0 Å². The number of hydrogen-bond donors (Lipinski definition) is 1. The number of carbonyl (C=O) groups excluding carboxylic acids is 1. The fourth-order valence-electron chi connectivity index (χ4n) is 4.20. The first-order valence-electron chi connectivity index (χ1n) is 11.1. The highest BCUT2D eigenvalue weighted by Gasteiger charge is 2.18. The molecule has 1 fully saturated rings. The normalized spacial score (nSPS) is 13.7. The zero-order valence-corrected chi connectivity index (χ0v) is 18.4. The maximum atomic E-state index is 12.7. The van der Waals surface area contributed by atoms with Crippen molar-refractivity contribution in [3.05, 3.63) is 90.1 Å². The van der Waals surface area contributed by atoms with Crippen molar-refractivity contribution in [1.82, 2.24) is 24.3 Å². The number of aromatic nitrogens is 4. The molecule has 166 valence electrons. The Morgan fingerprint density at radius 3 is 2.62 bits per heavy atom. The molecule has 5 aromatic rings. The van der Waals surface area contributed by atoms with Crippen molar-refractivity contribution < 1.29 is 9.53 Å². The second-order valence-electron chi connectivity index (χ2n) is 8.12. The fraction of sp³-hybridized carbons (Fsp3) is 0.148. The van der Waals surface area contributed by atoms with E-state index in [4.69, 9.17) is 4.74 Å². The maximum absolute atomic E-state index is 12.7. The van der Waals surface area contributed by atoms with Gasteiger partial charge in [-0.2, -0.15) is 0 Å². The smallest absolute Gasteiger partial charge is 0.254 e. The minimum Gasteiger partial charge on any atom is -0.378 e. The molecule has 0 atom stereocenters. The predicted molar refractivity (Wildman–Crippen MR) is 129 cm³/mol. The van der Waals surface area contributed by atoms with E-state index in [1.54, 1.807) is 12.4 Å². The molecule has 1 saturated heterocycles. The van der Waals surface area contributed by atoms with Crippen molar-refractivity contribution in [3.63, 3.8) is 0 Å². The van der Waals surface area contributed by atoms with E-state index in [1.165, 1.54) is 0 Å². The lowest BCUT2D eigenvalue weighted by atomic mass is 10.0. The molecule has 4 aromatic heterocycles. The number of amides is 1. The van der Waals surface area contributed by atoms with Gasteiger partial charge in [-0.05, 0) is 53.4 Å². The van der Waals surface area contributed by atoms with Crippen LogP contribution in [-0.4, -0.2) is 56.5 Å². The third-order valence-electron chi connectivity index (χ3n) is 6.05. The molecule has 0 unspecified atom stereocenters. The fourth-order valence-corrected chi connectivity index (χ4v) is 4.20. The Labute approximate surface area is 196 Å². The molecule has 7 heteroatoms. The summed E-state index contributed by atoms with van der Waals surface area (Å²) in [7, 11) is 0. The summed E-state index contributed by atoms with van der Waals surface area (Å²) in [5, 5.41) is 0.997. The molecule has 1 aliphatic rings. The summed E-state index contributed by atoms with van der Waals surface area (Å²) < 4.78 is 7.33. The molecule has 1 aliphatic heterocycles. The molecule has 0 bridgehead atoms. The van der Waals surface area contributed by atoms with Gasteiger partial charge in [0.1, 0.15) is 17.0 Å². The highest BCUT2D eigenvalue weighted by atomic mass is 16.5. The number of imidazole rings is 1. The Hall–Kier alpha value is -4.41. The van der Waals surface area contributed by atoms with Gasteiger partial charge < -0.3 is 14.6 Å². The summed E-state index contributed by atoms with van der Waals surface area (Å²) in [6, 6.07) is 15.6. The number of rotatable bonds is 2. The van der Waals surface area contributed by atoms with E-state index in [0.717, 1.165) is 39.1 Å². The maximum Gasteiger partial charge on any atom is 0.254 e. The first kappa shape index (κ1) is 20.2. The number of pyridine rings is 2. The molecule has 0 spiro atoms. The van der Waals surface area contributed by atoms with E-state index in [1.807, 2.05) is 70.2 Å². The molecule has 1 N–H and O–H groups in total. The van der Waals surface area contributed by atoms with E-state index in [2.05, 4.69) is 26.8 Å². The van der Waals surface area contributed by atoms with Crippen LogP contribution < -0.4 is 0 Å². The number of morpholine rings is 1. The van der Waals surface area contributed by atoms with Crippen molar-refractivity contribution in [2.45, 2.75) is 0 Å². The Kier molecular flexibility index (Phi) is 5.06. The number of nitrogens with one attached hydrogen (secondary N) is 1. The van der Waals surface area contributed by atoms with Crippen LogP contribution in [-0.2, 0) is 4.74 Å². The van der Waals surface area contributed by atoms with Crippen LogP contribution in [0, 0.1) is 11.8 Å². The average Bonchev–Trinajstić information content (AvgIpc) is 3.55. The van der Waals surface area contributed by atoms with Crippen LogP contribution in [0.5, 0.6) is 0 Å². The summed E-state index contributed by atoms with van der Waals surface area (Å²) in [4.78, 5) is 26.5. The minimum atomic E-state index is 0.0464. The standard InChI is InChI=1S/C27H21N5O2/c33-27(31-13-15-34-16-14-31)21-3-1-19(2-4-21)22-6-8-25-30-17-23(32(25)18-22)7-5-20-9-11-28-26-24(20)10-12-29-26/h1-4,6,8-12,17-18H,13-16H2,(H,28,29). The molecule has 0 radical (unpaired) electrons. The Morgan fingerprint density at radius 1 is 0.941 bits per heavy atom. The third kappa shape index (κ3) is 3.70. The summed E-state index contributed by atoms with van der Waals surface area (Å²) in [5.41, 5.74) is 6.10. The van der Waals surface area contributed by atoms with Gasteiger partial charge in [-0.3, -0.25) is 9.20 Å². The summed E-state index contributed by atoms with van der Waals surface area (Å²) >= 11 is 0. The molecule has 0 saturated carbocycles. The number of hydrogen-bond acceptors (Lipinski definition) is 4. The highest BCUT2D eigenvalue weighted by Crippen LogP contribution is 2.22. The molecule has 1 aromatic carbocycles. The molecular formula is C27H21N5O2. The molecule has 7 nitrogen and oxygen atoms in total. The van der Waals surface area contributed by atoms with Crippen molar-refractivity contribution in [1.29, 1.82) is 0 Å². The SMILES string of the molecule is O=C(c1ccc(-c2ccc3ncc(C#Cc4ccnc5[nH]ccc45)n3c2)cc1)N1CCOCC1. The quantitative estimate of drug-likeness (QED) is 0.418. The average molecular weight is 447 g/mol. The number of aromatic amines is 1. The van der Waals surface area contributed by atoms with Crippen molar-refractivity contribution >= 4 is 22.6 Å².